The predicted molar refractivity (Wildman–Crippen MR) is 138 cm³/mol. The molecule has 6 nitrogen and oxygen atoms in total. The maximum atomic E-state index is 12.9. The van der Waals surface area contributed by atoms with Gasteiger partial charge in [-0.3, -0.25) is 14.5 Å². The fraction of sp³-hybridized carbons (Fsp3) is 0.148. The number of carboxylic acids is 1. The Balaban J connectivity index is 1.29. The van der Waals surface area contributed by atoms with Crippen molar-refractivity contribution in [2.24, 2.45) is 0 Å². The maximum absolute atomic E-state index is 12.9. The molecule has 176 valence electrons. The van der Waals surface area contributed by atoms with Crippen LogP contribution in [0.5, 0.6) is 0 Å². The van der Waals surface area contributed by atoms with Crippen LogP contribution in [0.4, 0.5) is 0 Å². The van der Waals surface area contributed by atoms with E-state index in [1.165, 1.54) is 28.4 Å². The van der Waals surface area contributed by atoms with Crippen molar-refractivity contribution >= 4 is 41.3 Å². The first-order valence-electron chi connectivity index (χ1n) is 11.1. The molecule has 3 aromatic carbocycles. The second-order valence-electron chi connectivity index (χ2n) is 8.19. The lowest BCUT2D eigenvalue weighted by molar-refractivity contribution is -0.150. The van der Waals surface area contributed by atoms with Crippen LogP contribution in [0, 0.1) is 0 Å². The fourth-order valence-corrected chi connectivity index (χ4v) is 6.64. The number of hydrogen-bond acceptors (Lipinski definition) is 5. The smallest absolute Gasteiger partial charge is 0.353 e. The molecule has 0 aliphatic carbocycles. The molecule has 2 N–H and O–H groups in total. The Kier molecular flexibility index (Phi) is 6.66. The van der Waals surface area contributed by atoms with Crippen molar-refractivity contribution < 1.29 is 19.5 Å². The number of carbonyl (C=O) groups excluding carboxylic acids is 2. The Morgan fingerprint density at radius 2 is 1.57 bits per heavy atom. The van der Waals surface area contributed by atoms with Gasteiger partial charge in [0.25, 0.3) is 5.91 Å². The fourth-order valence-electron chi connectivity index (χ4n) is 4.16. The Morgan fingerprint density at radius 3 is 2.23 bits per heavy atom. The van der Waals surface area contributed by atoms with Crippen LogP contribution >= 0.6 is 23.5 Å². The van der Waals surface area contributed by atoms with Crippen LogP contribution in [0.15, 0.2) is 100 Å². The zero-order chi connectivity index (χ0) is 24.4. The quantitative estimate of drug-likeness (QED) is 0.466. The van der Waals surface area contributed by atoms with Gasteiger partial charge in [0, 0.05) is 15.6 Å². The maximum Gasteiger partial charge on any atom is 0.353 e. The summed E-state index contributed by atoms with van der Waals surface area (Å²) in [4.78, 5) is 40.3. The van der Waals surface area contributed by atoms with Gasteiger partial charge in [-0.15, -0.1) is 11.8 Å². The Labute approximate surface area is 211 Å². The summed E-state index contributed by atoms with van der Waals surface area (Å²) in [6, 6.07) is 26.5. The van der Waals surface area contributed by atoms with Gasteiger partial charge in [0.2, 0.25) is 5.91 Å². The Hall–Kier alpha value is -3.49. The number of hydrogen-bond donors (Lipinski definition) is 2. The highest BCUT2D eigenvalue weighted by Gasteiger charge is 2.54. The molecule has 5 rings (SSSR count). The molecule has 2 aliphatic heterocycles. The number of thioether (sulfide) groups is 2. The highest BCUT2D eigenvalue weighted by molar-refractivity contribution is 8.06. The number of fused-ring (bicyclic) bond motifs is 1. The van der Waals surface area contributed by atoms with Crippen LogP contribution in [0.2, 0.25) is 0 Å². The predicted octanol–water partition coefficient (Wildman–Crippen LogP) is 4.38. The number of rotatable bonds is 7. The topological polar surface area (TPSA) is 86.7 Å². The summed E-state index contributed by atoms with van der Waals surface area (Å²) >= 11 is 2.83. The van der Waals surface area contributed by atoms with E-state index in [4.69, 9.17) is 0 Å². The van der Waals surface area contributed by atoms with Gasteiger partial charge in [0.05, 0.1) is 6.42 Å². The van der Waals surface area contributed by atoms with E-state index in [-0.39, 0.29) is 18.0 Å². The highest BCUT2D eigenvalue weighted by Crippen LogP contribution is 2.45. The van der Waals surface area contributed by atoms with Gasteiger partial charge >= 0.3 is 5.97 Å². The first-order valence-corrected chi connectivity index (χ1v) is 13.0. The van der Waals surface area contributed by atoms with E-state index >= 15 is 0 Å². The molecule has 1 fully saturated rings. The molecule has 2 aliphatic rings. The molecule has 35 heavy (non-hydrogen) atoms. The molecule has 0 bridgehead atoms. The van der Waals surface area contributed by atoms with E-state index in [0.717, 1.165) is 21.6 Å². The molecule has 2 heterocycles. The van der Waals surface area contributed by atoms with E-state index in [1.807, 2.05) is 84.9 Å². The molecule has 1 saturated heterocycles. The second kappa shape index (κ2) is 10.0. The second-order valence-corrected chi connectivity index (χ2v) is 10.5. The molecular formula is C27H22N2O4S2. The van der Waals surface area contributed by atoms with Gasteiger partial charge in [-0.2, -0.15) is 0 Å². The largest absolute Gasteiger partial charge is 0.477 e. The van der Waals surface area contributed by atoms with Crippen LogP contribution in [-0.2, 0) is 20.8 Å². The van der Waals surface area contributed by atoms with E-state index < -0.39 is 23.3 Å². The van der Waals surface area contributed by atoms with E-state index in [1.54, 1.807) is 0 Å². The van der Waals surface area contributed by atoms with E-state index in [2.05, 4.69) is 5.32 Å². The first-order chi connectivity index (χ1) is 17.0. The SMILES string of the molecule is O=C(Cc1ccccc1)N[C@@H]1C(=O)N2C(C(=O)O)=C(Sc3ccc(-c4ccccc4)cc3)CS[C@H]12. The monoisotopic (exact) mass is 502 g/mol. The van der Waals surface area contributed by atoms with Gasteiger partial charge in [-0.05, 0) is 28.8 Å². The van der Waals surface area contributed by atoms with Gasteiger partial charge < -0.3 is 10.4 Å². The minimum absolute atomic E-state index is 0.00412. The number of amides is 2. The zero-order valence-corrected chi connectivity index (χ0v) is 20.2. The third-order valence-corrected chi connectivity index (χ3v) is 8.42. The minimum Gasteiger partial charge on any atom is -0.477 e. The van der Waals surface area contributed by atoms with E-state index in [9.17, 15) is 19.5 Å². The van der Waals surface area contributed by atoms with Crippen LogP contribution in [-0.4, -0.2) is 45.0 Å². The van der Waals surface area contributed by atoms with Crippen molar-refractivity contribution in [2.75, 3.05) is 5.75 Å². The van der Waals surface area contributed by atoms with Gasteiger partial charge in [-0.1, -0.05) is 84.6 Å². The van der Waals surface area contributed by atoms with Gasteiger partial charge in [-0.25, -0.2) is 4.79 Å². The number of carboxylic acid groups (broad SMARTS) is 1. The summed E-state index contributed by atoms with van der Waals surface area (Å²) in [5.41, 5.74) is 3.04. The standard InChI is InChI=1S/C27H22N2O4S2/c30-22(15-17-7-3-1-4-8-17)28-23-25(31)29-24(27(32)33)21(16-34-26(23)29)35-20-13-11-19(12-14-20)18-9-5-2-6-10-18/h1-14,23,26H,15-16H2,(H,28,30)(H,32,33)/t23-,26-/m1/s1. The molecule has 8 heteroatoms. The first kappa shape index (κ1) is 23.3. The molecule has 2 amide bonds. The van der Waals surface area contributed by atoms with Gasteiger partial charge in [0.15, 0.2) is 0 Å². The number of β-lactam (4-membered cyclic amide) rings is 1. The van der Waals surface area contributed by atoms with Crippen LogP contribution < -0.4 is 5.32 Å². The minimum atomic E-state index is -1.14. The van der Waals surface area contributed by atoms with Gasteiger partial charge in [0.1, 0.15) is 17.1 Å². The van der Waals surface area contributed by atoms with Crippen LogP contribution in [0.3, 0.4) is 0 Å². The summed E-state index contributed by atoms with van der Waals surface area (Å²) in [7, 11) is 0. The third-order valence-electron chi connectivity index (χ3n) is 5.86. The van der Waals surface area contributed by atoms with Crippen molar-refractivity contribution in [1.29, 1.82) is 0 Å². The lowest BCUT2D eigenvalue weighted by Gasteiger charge is -2.49. The average molecular weight is 503 g/mol. The van der Waals surface area contributed by atoms with Crippen molar-refractivity contribution in [3.63, 3.8) is 0 Å². The Bertz CT molecular complexity index is 1290. The molecule has 0 aromatic heterocycles. The van der Waals surface area contributed by atoms with E-state index in [0.29, 0.717) is 10.7 Å². The number of nitrogens with one attached hydrogen (secondary N) is 1. The number of carbonyl (C=O) groups is 3. The van der Waals surface area contributed by atoms with Crippen LogP contribution in [0.25, 0.3) is 11.1 Å². The zero-order valence-electron chi connectivity index (χ0n) is 18.6. The van der Waals surface area contributed by atoms with Crippen molar-refractivity contribution in [3.8, 4) is 11.1 Å². The molecule has 0 radical (unpaired) electrons. The lowest BCUT2D eigenvalue weighted by Crippen LogP contribution is -2.70. The Morgan fingerprint density at radius 1 is 0.943 bits per heavy atom. The summed E-state index contributed by atoms with van der Waals surface area (Å²) < 4.78 is 0. The highest BCUT2D eigenvalue weighted by atomic mass is 32.2. The van der Waals surface area contributed by atoms with Crippen LogP contribution in [0.1, 0.15) is 5.56 Å². The molecule has 3 aromatic rings. The summed E-state index contributed by atoms with van der Waals surface area (Å²) in [6.45, 7) is 0. The lowest BCUT2D eigenvalue weighted by atomic mass is 10.0. The molecule has 2 atom stereocenters. The summed E-state index contributed by atoms with van der Waals surface area (Å²) in [6.07, 6.45) is 0.170. The average Bonchev–Trinajstić information content (AvgIpc) is 2.88. The number of aliphatic carboxylic acids is 1. The van der Waals surface area contributed by atoms with Crippen molar-refractivity contribution in [3.05, 3.63) is 101 Å². The molecule has 0 spiro atoms. The molecule has 0 saturated carbocycles. The normalized spacial score (nSPS) is 19.1. The van der Waals surface area contributed by atoms with Crippen molar-refractivity contribution in [1.82, 2.24) is 10.2 Å². The molecular weight excluding hydrogens is 480 g/mol. The molecule has 0 unspecified atom stereocenters. The summed E-state index contributed by atoms with van der Waals surface area (Å²) in [5, 5.41) is 12.3. The number of benzene rings is 3. The third kappa shape index (κ3) is 4.85. The summed E-state index contributed by atoms with van der Waals surface area (Å²) in [5.74, 6) is -1.33. The van der Waals surface area contributed by atoms with Crippen molar-refractivity contribution in [2.45, 2.75) is 22.7 Å². The number of nitrogens with zero attached hydrogens (tertiary/aromatic N) is 1.